The number of methoxy groups -OCH3 is 1. The molecule has 4 N–H and O–H groups in total. The second kappa shape index (κ2) is 8.43. The first-order valence-corrected chi connectivity index (χ1v) is 8.96. The average Bonchev–Trinajstić information content (AvgIpc) is 2.63. The maximum atomic E-state index is 12.9. The highest BCUT2D eigenvalue weighted by molar-refractivity contribution is 7.93. The molecule has 1 aromatic rings. The van der Waals surface area contributed by atoms with Crippen LogP contribution in [-0.4, -0.2) is 61.1 Å². The number of likely N-dealkylation sites (tertiary alicyclic amines) is 1. The molecule has 136 valence electrons. The number of carboxylic acids is 1. The Balaban J connectivity index is 0.00000139. The standard InChI is InChI=1S/C15H21NO5S.H3NO/c1-3-16-10-8-15(9-11-16,14(17)18)22(19,20)13-6-4-12(21-2)5-7-13;1-2/h4-7H,3,8-11H2,1-2H3,(H,17,18);2H,1H2. The van der Waals surface area contributed by atoms with Gasteiger partial charge in [-0.25, -0.2) is 14.3 Å². The first-order valence-electron chi connectivity index (χ1n) is 7.47. The zero-order valence-electron chi connectivity index (χ0n) is 13.8. The summed E-state index contributed by atoms with van der Waals surface area (Å²) in [5.74, 6) is 2.77. The molecule has 0 aromatic heterocycles. The van der Waals surface area contributed by atoms with Crippen molar-refractivity contribution in [1.82, 2.24) is 4.90 Å². The number of nitrogens with two attached hydrogens (primary N) is 1. The number of benzene rings is 1. The Morgan fingerprint density at radius 2 is 1.75 bits per heavy atom. The molecule has 0 radical (unpaired) electrons. The lowest BCUT2D eigenvalue weighted by Gasteiger charge is -2.37. The summed E-state index contributed by atoms with van der Waals surface area (Å²) in [6, 6.07) is 5.88. The molecule has 9 heteroatoms. The third kappa shape index (κ3) is 3.69. The van der Waals surface area contributed by atoms with E-state index in [1.165, 1.54) is 31.4 Å². The lowest BCUT2D eigenvalue weighted by atomic mass is 9.96. The molecule has 1 heterocycles. The van der Waals surface area contributed by atoms with E-state index in [2.05, 4.69) is 10.8 Å². The number of hydrogen-bond donors (Lipinski definition) is 3. The molecule has 0 spiro atoms. The fourth-order valence-corrected chi connectivity index (χ4v) is 4.70. The maximum absolute atomic E-state index is 12.9. The van der Waals surface area contributed by atoms with E-state index in [4.69, 9.17) is 9.94 Å². The first kappa shape index (κ1) is 20.4. The van der Waals surface area contributed by atoms with Crippen LogP contribution >= 0.6 is 0 Å². The van der Waals surface area contributed by atoms with E-state index >= 15 is 0 Å². The maximum Gasteiger partial charge on any atom is 0.325 e. The number of piperidine rings is 1. The van der Waals surface area contributed by atoms with E-state index in [0.29, 0.717) is 18.8 Å². The molecule has 2 rings (SSSR count). The summed E-state index contributed by atoms with van der Waals surface area (Å²) in [4.78, 5) is 13.9. The molecule has 8 nitrogen and oxygen atoms in total. The number of ether oxygens (including phenoxy) is 1. The van der Waals surface area contributed by atoms with Crippen LogP contribution in [0.4, 0.5) is 0 Å². The van der Waals surface area contributed by atoms with Gasteiger partial charge >= 0.3 is 5.97 Å². The minimum absolute atomic E-state index is 0.0284. The Morgan fingerprint density at radius 3 is 2.12 bits per heavy atom. The molecule has 1 aliphatic rings. The highest BCUT2D eigenvalue weighted by Gasteiger charge is 2.53. The van der Waals surface area contributed by atoms with Crippen LogP contribution in [0.5, 0.6) is 5.75 Å². The van der Waals surface area contributed by atoms with Crippen molar-refractivity contribution < 1.29 is 28.3 Å². The molecule has 1 aromatic carbocycles. The Labute approximate surface area is 141 Å². The van der Waals surface area contributed by atoms with Gasteiger partial charge in [0.1, 0.15) is 5.75 Å². The van der Waals surface area contributed by atoms with Crippen molar-refractivity contribution in [3.63, 3.8) is 0 Å². The van der Waals surface area contributed by atoms with Gasteiger partial charge in [0.15, 0.2) is 14.6 Å². The molecule has 0 aliphatic carbocycles. The number of carbonyl (C=O) groups is 1. The predicted octanol–water partition coefficient (Wildman–Crippen LogP) is 0.742. The Hall–Kier alpha value is -1.68. The smallest absolute Gasteiger partial charge is 0.325 e. The Morgan fingerprint density at radius 1 is 1.25 bits per heavy atom. The third-order valence-electron chi connectivity index (χ3n) is 4.38. The molecule has 0 atom stereocenters. The van der Waals surface area contributed by atoms with Crippen LogP contribution in [0, 0.1) is 0 Å². The molecule has 0 bridgehead atoms. The van der Waals surface area contributed by atoms with Gasteiger partial charge < -0.3 is 20.0 Å². The fraction of sp³-hybridized carbons (Fsp3) is 0.533. The van der Waals surface area contributed by atoms with E-state index in [0.717, 1.165) is 6.54 Å². The minimum Gasteiger partial charge on any atom is -0.497 e. The summed E-state index contributed by atoms with van der Waals surface area (Å²) in [6.07, 6.45) is 0.203. The number of nitrogens with zero attached hydrogens (tertiary/aromatic N) is 1. The van der Waals surface area contributed by atoms with Gasteiger partial charge in [-0.3, -0.25) is 4.79 Å². The van der Waals surface area contributed by atoms with Crippen molar-refractivity contribution in [3.05, 3.63) is 24.3 Å². The van der Waals surface area contributed by atoms with Gasteiger partial charge in [-0.1, -0.05) is 6.92 Å². The SMILES string of the molecule is CCN1CCC(C(=O)O)(S(=O)(=O)c2ccc(OC)cc2)CC1.NO. The van der Waals surface area contributed by atoms with Crippen molar-refractivity contribution in [2.45, 2.75) is 29.4 Å². The molecule has 0 unspecified atom stereocenters. The van der Waals surface area contributed by atoms with E-state index in [1.54, 1.807) is 0 Å². The number of sulfone groups is 1. The summed E-state index contributed by atoms with van der Waals surface area (Å²) in [5, 5.41) is 16.1. The summed E-state index contributed by atoms with van der Waals surface area (Å²) in [6.45, 7) is 3.71. The molecule has 1 saturated heterocycles. The van der Waals surface area contributed by atoms with Crippen LogP contribution in [0.2, 0.25) is 0 Å². The predicted molar refractivity (Wildman–Crippen MR) is 87.9 cm³/mol. The molecule has 1 fully saturated rings. The molecule has 0 amide bonds. The van der Waals surface area contributed by atoms with Crippen molar-refractivity contribution in [2.24, 2.45) is 5.90 Å². The van der Waals surface area contributed by atoms with Gasteiger partial charge in [0.25, 0.3) is 0 Å². The van der Waals surface area contributed by atoms with E-state index < -0.39 is 20.6 Å². The minimum atomic E-state index is -3.96. The van der Waals surface area contributed by atoms with E-state index in [9.17, 15) is 18.3 Å². The molecule has 0 saturated carbocycles. The zero-order valence-corrected chi connectivity index (χ0v) is 14.6. The van der Waals surface area contributed by atoms with Crippen LogP contribution in [0.25, 0.3) is 0 Å². The van der Waals surface area contributed by atoms with Gasteiger partial charge in [-0.15, -0.1) is 0 Å². The van der Waals surface area contributed by atoms with Crippen molar-refractivity contribution in [3.8, 4) is 5.75 Å². The second-order valence-electron chi connectivity index (χ2n) is 5.41. The number of aliphatic carboxylic acids is 1. The quantitative estimate of drug-likeness (QED) is 0.656. The second-order valence-corrected chi connectivity index (χ2v) is 7.67. The molecular weight excluding hydrogens is 336 g/mol. The van der Waals surface area contributed by atoms with Crippen LogP contribution in [0.3, 0.4) is 0 Å². The topological polar surface area (TPSA) is 130 Å². The summed E-state index contributed by atoms with van der Waals surface area (Å²) < 4.78 is 29.1. The highest BCUT2D eigenvalue weighted by atomic mass is 32.2. The zero-order chi connectivity index (χ0) is 18.4. The average molecular weight is 360 g/mol. The van der Waals surface area contributed by atoms with Crippen molar-refractivity contribution in [2.75, 3.05) is 26.7 Å². The monoisotopic (exact) mass is 360 g/mol. The highest BCUT2D eigenvalue weighted by Crippen LogP contribution is 2.36. The molecule has 24 heavy (non-hydrogen) atoms. The largest absolute Gasteiger partial charge is 0.497 e. The van der Waals surface area contributed by atoms with Gasteiger partial charge in [0.05, 0.1) is 12.0 Å². The summed E-state index contributed by atoms with van der Waals surface area (Å²) >= 11 is 0. The van der Waals surface area contributed by atoms with Crippen LogP contribution in [0.15, 0.2) is 29.2 Å². The number of carboxylic acid groups (broad SMARTS) is 1. The van der Waals surface area contributed by atoms with Crippen molar-refractivity contribution >= 4 is 15.8 Å². The van der Waals surface area contributed by atoms with Gasteiger partial charge in [-0.05, 0) is 43.7 Å². The Bertz CT molecular complexity index is 636. The summed E-state index contributed by atoms with van der Waals surface area (Å²) in [5.41, 5.74) is 0. The number of rotatable bonds is 5. The third-order valence-corrected chi connectivity index (χ3v) is 6.89. The molecule has 1 aliphatic heterocycles. The van der Waals surface area contributed by atoms with Gasteiger partial charge in [-0.2, -0.15) is 0 Å². The Kier molecular flexibility index (Phi) is 7.15. The fourth-order valence-electron chi connectivity index (χ4n) is 2.81. The molecular formula is C15H24N2O6S. The number of hydrogen-bond acceptors (Lipinski definition) is 7. The van der Waals surface area contributed by atoms with Crippen molar-refractivity contribution in [1.29, 1.82) is 0 Å². The first-order chi connectivity index (χ1) is 11.4. The van der Waals surface area contributed by atoms with E-state index in [1.807, 2.05) is 6.92 Å². The van der Waals surface area contributed by atoms with Crippen LogP contribution < -0.4 is 10.6 Å². The van der Waals surface area contributed by atoms with Crippen LogP contribution in [-0.2, 0) is 14.6 Å². The summed E-state index contributed by atoms with van der Waals surface area (Å²) in [7, 11) is -2.47. The van der Waals surface area contributed by atoms with Crippen LogP contribution in [0.1, 0.15) is 19.8 Å². The van der Waals surface area contributed by atoms with E-state index in [-0.39, 0.29) is 17.7 Å². The lowest BCUT2D eigenvalue weighted by Crippen LogP contribution is -2.54. The lowest BCUT2D eigenvalue weighted by molar-refractivity contribution is -0.141. The normalized spacial score (nSPS) is 17.5. The van der Waals surface area contributed by atoms with Gasteiger partial charge in [0, 0.05) is 13.1 Å². The van der Waals surface area contributed by atoms with Gasteiger partial charge in [0.2, 0.25) is 0 Å².